The second-order valence-corrected chi connectivity index (χ2v) is 5.26. The number of hydrogen-bond donors (Lipinski definition) is 1. The van der Waals surface area contributed by atoms with Gasteiger partial charge in [-0.1, -0.05) is 6.92 Å². The van der Waals surface area contributed by atoms with Gasteiger partial charge in [-0.15, -0.1) is 0 Å². The molecule has 0 aromatic rings. The predicted molar refractivity (Wildman–Crippen MR) is 67.9 cm³/mol. The van der Waals surface area contributed by atoms with Crippen molar-refractivity contribution in [3.05, 3.63) is 0 Å². The number of hydrogen-bond acceptors (Lipinski definition) is 3. The van der Waals surface area contributed by atoms with Crippen molar-refractivity contribution in [2.24, 2.45) is 0 Å². The molecule has 3 heteroatoms. The summed E-state index contributed by atoms with van der Waals surface area (Å²) in [6.07, 6.45) is 0. The molecule has 0 aromatic carbocycles. The molecule has 0 amide bonds. The number of hydrazine groups is 1. The van der Waals surface area contributed by atoms with E-state index in [1.54, 1.807) is 0 Å². The van der Waals surface area contributed by atoms with Crippen LogP contribution in [0.4, 0.5) is 0 Å². The summed E-state index contributed by atoms with van der Waals surface area (Å²) in [5, 5.41) is 2.27. The van der Waals surface area contributed by atoms with Crippen molar-refractivity contribution < 1.29 is 0 Å². The molecule has 0 atom stereocenters. The van der Waals surface area contributed by atoms with Crippen LogP contribution in [0.25, 0.3) is 0 Å². The van der Waals surface area contributed by atoms with Gasteiger partial charge in [0.25, 0.3) is 0 Å². The van der Waals surface area contributed by atoms with Crippen molar-refractivity contribution in [3.8, 4) is 0 Å². The summed E-state index contributed by atoms with van der Waals surface area (Å²) >= 11 is 0. The van der Waals surface area contributed by atoms with Crippen LogP contribution in [0.5, 0.6) is 0 Å². The maximum Gasteiger partial charge on any atom is 0.0261 e. The van der Waals surface area contributed by atoms with E-state index in [9.17, 15) is 0 Å². The Kier molecular flexibility index (Phi) is 6.41. The monoisotopic (exact) mass is 215 g/mol. The van der Waals surface area contributed by atoms with Gasteiger partial charge in [-0.25, -0.2) is 5.01 Å². The second kappa shape index (κ2) is 6.46. The number of rotatable bonds is 6. The molecule has 0 radical (unpaired) electrons. The smallest absolute Gasteiger partial charge is 0.0261 e. The van der Waals surface area contributed by atoms with Crippen LogP contribution in [-0.2, 0) is 0 Å². The van der Waals surface area contributed by atoms with Crippen LogP contribution in [0.2, 0.25) is 0 Å². The van der Waals surface area contributed by atoms with Gasteiger partial charge in [-0.05, 0) is 48.2 Å². The Balaban J connectivity index is 4.10. The molecule has 0 aliphatic rings. The summed E-state index contributed by atoms with van der Waals surface area (Å²) in [5.74, 6) is 0. The van der Waals surface area contributed by atoms with Gasteiger partial charge in [0.05, 0.1) is 0 Å². The minimum Gasteiger partial charge on any atom is -0.297 e. The highest BCUT2D eigenvalue weighted by molar-refractivity contribution is 4.76. The molecule has 92 valence electrons. The highest BCUT2D eigenvalue weighted by Crippen LogP contribution is 2.12. The fourth-order valence-corrected chi connectivity index (χ4v) is 1.82. The Morgan fingerprint density at radius 3 is 1.93 bits per heavy atom. The van der Waals surface area contributed by atoms with E-state index in [2.05, 4.69) is 56.9 Å². The summed E-state index contributed by atoms with van der Waals surface area (Å²) in [6.45, 7) is 16.8. The van der Waals surface area contributed by atoms with Gasteiger partial charge in [0.2, 0.25) is 0 Å². The first-order chi connectivity index (χ1) is 6.82. The Bertz CT molecular complexity index is 161. The zero-order valence-corrected chi connectivity index (χ0v) is 11.6. The van der Waals surface area contributed by atoms with Crippen LogP contribution < -0.4 is 5.43 Å². The van der Waals surface area contributed by atoms with E-state index < -0.39 is 0 Å². The van der Waals surface area contributed by atoms with E-state index in [1.165, 1.54) is 0 Å². The molecule has 0 saturated carbocycles. The molecular formula is C12H29N3. The van der Waals surface area contributed by atoms with Crippen molar-refractivity contribution in [2.45, 2.75) is 53.1 Å². The van der Waals surface area contributed by atoms with Gasteiger partial charge in [-0.3, -0.25) is 10.3 Å². The molecule has 0 aromatic heterocycles. The van der Waals surface area contributed by atoms with Gasteiger partial charge >= 0.3 is 0 Å². The second-order valence-electron chi connectivity index (χ2n) is 5.26. The highest BCUT2D eigenvalue weighted by Gasteiger charge is 2.20. The summed E-state index contributed by atoms with van der Waals surface area (Å²) < 4.78 is 0. The number of likely N-dealkylation sites (N-methyl/N-ethyl adjacent to an activating group) is 1. The quantitative estimate of drug-likeness (QED) is 0.683. The topological polar surface area (TPSA) is 18.5 Å². The molecular weight excluding hydrogens is 186 g/mol. The molecule has 15 heavy (non-hydrogen) atoms. The largest absolute Gasteiger partial charge is 0.297 e. The Labute approximate surface area is 95.8 Å². The fourth-order valence-electron chi connectivity index (χ4n) is 1.82. The average Bonchev–Trinajstić information content (AvgIpc) is 2.09. The van der Waals surface area contributed by atoms with E-state index in [-0.39, 0.29) is 5.54 Å². The molecule has 1 N–H and O–H groups in total. The first-order valence-corrected chi connectivity index (χ1v) is 6.02. The van der Waals surface area contributed by atoms with E-state index in [0.29, 0.717) is 6.04 Å². The summed E-state index contributed by atoms with van der Waals surface area (Å²) in [5.41, 5.74) is 3.51. The summed E-state index contributed by atoms with van der Waals surface area (Å²) in [7, 11) is 1.99. The molecule has 0 saturated heterocycles. The average molecular weight is 215 g/mol. The molecule has 0 bridgehead atoms. The minimum absolute atomic E-state index is 0.269. The van der Waals surface area contributed by atoms with Crippen LogP contribution in [0, 0.1) is 0 Å². The summed E-state index contributed by atoms with van der Waals surface area (Å²) in [4.78, 5) is 2.50. The lowest BCUT2D eigenvalue weighted by Gasteiger charge is -2.37. The number of nitrogens with zero attached hydrogens (tertiary/aromatic N) is 2. The van der Waals surface area contributed by atoms with Crippen LogP contribution in [0.1, 0.15) is 41.5 Å². The fraction of sp³-hybridized carbons (Fsp3) is 1.00. The zero-order valence-electron chi connectivity index (χ0n) is 11.6. The van der Waals surface area contributed by atoms with Gasteiger partial charge in [0, 0.05) is 24.7 Å². The minimum atomic E-state index is 0.269. The lowest BCUT2D eigenvalue weighted by atomic mass is 10.1. The lowest BCUT2D eigenvalue weighted by Crippen LogP contribution is -2.49. The third-order valence-corrected chi connectivity index (χ3v) is 2.85. The van der Waals surface area contributed by atoms with E-state index in [0.717, 1.165) is 19.6 Å². The van der Waals surface area contributed by atoms with Crippen molar-refractivity contribution in [2.75, 3.05) is 26.7 Å². The SMILES string of the molecule is CCN(CCN(NC)C(C)C)C(C)(C)C. The maximum atomic E-state index is 3.24. The third kappa shape index (κ3) is 5.50. The molecule has 0 unspecified atom stereocenters. The third-order valence-electron chi connectivity index (χ3n) is 2.85. The van der Waals surface area contributed by atoms with Gasteiger partial charge in [0.1, 0.15) is 0 Å². The maximum absolute atomic E-state index is 3.24. The van der Waals surface area contributed by atoms with E-state index in [1.807, 2.05) is 7.05 Å². The molecule has 0 rings (SSSR count). The van der Waals surface area contributed by atoms with Crippen molar-refractivity contribution in [1.82, 2.24) is 15.3 Å². The molecule has 0 fully saturated rings. The molecule has 0 aliphatic heterocycles. The zero-order chi connectivity index (χ0) is 12.1. The van der Waals surface area contributed by atoms with Gasteiger partial charge < -0.3 is 0 Å². The van der Waals surface area contributed by atoms with E-state index >= 15 is 0 Å². The normalized spacial score (nSPS) is 13.2. The van der Waals surface area contributed by atoms with Gasteiger partial charge in [-0.2, -0.15) is 0 Å². The van der Waals surface area contributed by atoms with Crippen LogP contribution in [-0.4, -0.2) is 48.2 Å². The molecule has 0 spiro atoms. The molecule has 0 aliphatic carbocycles. The van der Waals surface area contributed by atoms with Crippen molar-refractivity contribution in [1.29, 1.82) is 0 Å². The number of nitrogens with one attached hydrogen (secondary N) is 1. The van der Waals surface area contributed by atoms with Crippen LogP contribution >= 0.6 is 0 Å². The molecule has 0 heterocycles. The first kappa shape index (κ1) is 14.9. The van der Waals surface area contributed by atoms with Crippen molar-refractivity contribution in [3.63, 3.8) is 0 Å². The Hall–Kier alpha value is -0.120. The Morgan fingerprint density at radius 1 is 1.13 bits per heavy atom. The van der Waals surface area contributed by atoms with Gasteiger partial charge in [0.15, 0.2) is 0 Å². The standard InChI is InChI=1S/C12H29N3/c1-8-14(12(4,5)6)9-10-15(13-7)11(2)3/h11,13H,8-10H2,1-7H3. The van der Waals surface area contributed by atoms with Crippen LogP contribution in [0.3, 0.4) is 0 Å². The van der Waals surface area contributed by atoms with E-state index in [4.69, 9.17) is 0 Å². The summed E-state index contributed by atoms with van der Waals surface area (Å²) in [6, 6.07) is 0.550. The molecule has 3 nitrogen and oxygen atoms in total. The lowest BCUT2D eigenvalue weighted by molar-refractivity contribution is 0.0906. The predicted octanol–water partition coefficient (Wildman–Crippen LogP) is 1.95. The first-order valence-electron chi connectivity index (χ1n) is 6.02. The van der Waals surface area contributed by atoms with Crippen LogP contribution in [0.15, 0.2) is 0 Å². The Morgan fingerprint density at radius 2 is 1.67 bits per heavy atom. The highest BCUT2D eigenvalue weighted by atomic mass is 15.5. The van der Waals surface area contributed by atoms with Crippen molar-refractivity contribution >= 4 is 0 Å².